The molecule has 0 spiro atoms. The molecule has 0 radical (unpaired) electrons. The molecule has 27 heavy (non-hydrogen) atoms. The van der Waals surface area contributed by atoms with Crippen molar-refractivity contribution in [3.63, 3.8) is 0 Å². The minimum absolute atomic E-state index is 0.0828. The quantitative estimate of drug-likeness (QED) is 0.796. The molecule has 2 N–H and O–H groups in total. The molecule has 2 bridgehead atoms. The van der Waals surface area contributed by atoms with E-state index in [2.05, 4.69) is 23.6 Å². The Morgan fingerprint density at radius 2 is 2.04 bits per heavy atom. The smallest absolute Gasteiger partial charge is 0.212 e. The van der Waals surface area contributed by atoms with E-state index >= 15 is 0 Å². The monoisotopic (exact) mass is 388 g/mol. The van der Waals surface area contributed by atoms with E-state index in [1.165, 1.54) is 0 Å². The Labute approximate surface area is 161 Å². The minimum Gasteiger partial charge on any atom is -0.361 e. The van der Waals surface area contributed by atoms with Crippen LogP contribution in [-0.2, 0) is 21.2 Å². The predicted molar refractivity (Wildman–Crippen MR) is 107 cm³/mol. The van der Waals surface area contributed by atoms with Crippen LogP contribution >= 0.6 is 0 Å². The molecule has 4 rings (SSSR count). The number of para-hydroxylation sites is 1. The van der Waals surface area contributed by atoms with Crippen LogP contribution in [0.5, 0.6) is 0 Å². The first-order valence-corrected chi connectivity index (χ1v) is 11.4. The van der Waals surface area contributed by atoms with Gasteiger partial charge >= 0.3 is 0 Å². The summed E-state index contributed by atoms with van der Waals surface area (Å²) in [6.07, 6.45) is 4.74. The molecule has 0 aliphatic heterocycles. The first-order valence-electron chi connectivity index (χ1n) is 9.73. The Balaban J connectivity index is 1.49. The second-order valence-electron chi connectivity index (χ2n) is 9.01. The normalized spacial score (nSPS) is 28.1. The summed E-state index contributed by atoms with van der Waals surface area (Å²) >= 11 is 0. The number of carbonyl (C=O) groups is 1. The zero-order chi connectivity index (χ0) is 19.4. The van der Waals surface area contributed by atoms with Gasteiger partial charge < -0.3 is 4.98 Å². The van der Waals surface area contributed by atoms with Crippen LogP contribution in [0.1, 0.15) is 45.6 Å². The molecule has 146 valence electrons. The molecule has 3 atom stereocenters. The number of nitrogens with one attached hydrogen (secondary N) is 2. The lowest BCUT2D eigenvalue weighted by Crippen LogP contribution is -2.47. The average molecular weight is 389 g/mol. The maximum Gasteiger partial charge on any atom is 0.212 e. The van der Waals surface area contributed by atoms with Crippen molar-refractivity contribution < 1.29 is 13.2 Å². The lowest BCUT2D eigenvalue weighted by Gasteiger charge is -2.36. The van der Waals surface area contributed by atoms with E-state index in [4.69, 9.17) is 0 Å². The molecule has 1 heterocycles. The Bertz CT molecular complexity index is 992. The molecule has 1 aromatic heterocycles. The van der Waals surface area contributed by atoms with Crippen molar-refractivity contribution in [2.75, 3.05) is 5.75 Å². The van der Waals surface area contributed by atoms with Gasteiger partial charge in [0.05, 0.1) is 5.75 Å². The van der Waals surface area contributed by atoms with Crippen molar-refractivity contribution in [1.82, 2.24) is 9.71 Å². The first kappa shape index (κ1) is 18.7. The molecule has 1 aromatic carbocycles. The number of Topliss-reactive ketones (excluding diaryl/α,β-unsaturated/α-hetero) is 1. The van der Waals surface area contributed by atoms with Crippen LogP contribution in [0.2, 0.25) is 0 Å². The number of rotatable bonds is 6. The van der Waals surface area contributed by atoms with E-state index in [0.717, 1.165) is 22.9 Å². The van der Waals surface area contributed by atoms with Gasteiger partial charge in [-0.15, -0.1) is 0 Å². The zero-order valence-electron chi connectivity index (χ0n) is 16.2. The third-order valence-electron chi connectivity index (χ3n) is 7.16. The van der Waals surface area contributed by atoms with Crippen molar-refractivity contribution in [2.24, 2.45) is 16.7 Å². The minimum atomic E-state index is -3.55. The van der Waals surface area contributed by atoms with Crippen molar-refractivity contribution in [1.29, 1.82) is 0 Å². The highest BCUT2D eigenvalue weighted by Crippen LogP contribution is 2.64. The van der Waals surface area contributed by atoms with Gasteiger partial charge in [-0.05, 0) is 49.1 Å². The summed E-state index contributed by atoms with van der Waals surface area (Å²) in [5, 5.41) is 1.12. The number of aromatic nitrogens is 1. The summed E-state index contributed by atoms with van der Waals surface area (Å²) in [6.45, 7) is 6.02. The standard InChI is InChI=1S/C21H28N2O3S/c1-14(10-15-12-22-18-7-5-4-6-17(15)18)23-27(25,26)13-21-9-8-16(11-19(21)24)20(21,2)3/h4-7,12,14,16,22-23H,8-11,13H2,1-3H3/t14?,16-,21?/m0/s1. The second kappa shape index (κ2) is 6.17. The number of ketones is 1. The van der Waals surface area contributed by atoms with E-state index < -0.39 is 15.4 Å². The summed E-state index contributed by atoms with van der Waals surface area (Å²) < 4.78 is 28.7. The molecule has 6 heteroatoms. The molecule has 2 aliphatic carbocycles. The Kier molecular flexibility index (Phi) is 4.27. The molecule has 5 nitrogen and oxygen atoms in total. The van der Waals surface area contributed by atoms with Gasteiger partial charge in [0.25, 0.3) is 0 Å². The van der Waals surface area contributed by atoms with Crippen LogP contribution in [0, 0.1) is 16.7 Å². The van der Waals surface area contributed by atoms with Gasteiger partial charge in [-0.3, -0.25) is 4.79 Å². The third-order valence-corrected chi connectivity index (χ3v) is 8.79. The maximum atomic E-state index is 12.9. The fourth-order valence-electron chi connectivity index (χ4n) is 5.45. The van der Waals surface area contributed by atoms with E-state index in [1.54, 1.807) is 0 Å². The molecule has 2 unspecified atom stereocenters. The fourth-order valence-corrected chi connectivity index (χ4v) is 7.56. The zero-order valence-corrected chi connectivity index (χ0v) is 17.0. The molecule has 2 fully saturated rings. The summed E-state index contributed by atoms with van der Waals surface area (Å²) in [5.74, 6) is 0.378. The van der Waals surface area contributed by atoms with Gasteiger partial charge in [-0.25, -0.2) is 13.1 Å². The second-order valence-corrected chi connectivity index (χ2v) is 10.8. The van der Waals surface area contributed by atoms with E-state index in [-0.39, 0.29) is 23.0 Å². The van der Waals surface area contributed by atoms with Crippen LogP contribution in [0.3, 0.4) is 0 Å². The Hall–Kier alpha value is -1.66. The van der Waals surface area contributed by atoms with Gasteiger partial charge in [0.15, 0.2) is 0 Å². The fraction of sp³-hybridized carbons (Fsp3) is 0.571. The molecular weight excluding hydrogens is 360 g/mol. The lowest BCUT2D eigenvalue weighted by atomic mass is 9.70. The maximum absolute atomic E-state index is 12.9. The van der Waals surface area contributed by atoms with E-state index in [1.807, 2.05) is 37.4 Å². The van der Waals surface area contributed by atoms with Crippen LogP contribution in [0.25, 0.3) is 10.9 Å². The van der Waals surface area contributed by atoms with Gasteiger partial charge in [-0.2, -0.15) is 0 Å². The topological polar surface area (TPSA) is 79.0 Å². The molecule has 2 aliphatic rings. The average Bonchev–Trinajstić information content (AvgIpc) is 3.14. The van der Waals surface area contributed by atoms with E-state index in [9.17, 15) is 13.2 Å². The lowest BCUT2D eigenvalue weighted by molar-refractivity contribution is -0.128. The SMILES string of the molecule is CC(Cc1c[nH]c2ccccc12)NS(=O)(=O)CC12CC[C@@H](CC1=O)C2(C)C. The van der Waals surface area contributed by atoms with Crippen molar-refractivity contribution in [3.05, 3.63) is 36.0 Å². The Morgan fingerprint density at radius 3 is 2.70 bits per heavy atom. The molecule has 2 aromatic rings. The number of hydrogen-bond donors (Lipinski definition) is 2. The largest absolute Gasteiger partial charge is 0.361 e. The van der Waals surface area contributed by atoms with Gasteiger partial charge in [-0.1, -0.05) is 32.0 Å². The summed E-state index contributed by atoms with van der Waals surface area (Å²) in [4.78, 5) is 15.9. The van der Waals surface area contributed by atoms with Gasteiger partial charge in [0.1, 0.15) is 5.78 Å². The first-order chi connectivity index (χ1) is 12.6. The highest BCUT2D eigenvalue weighted by Gasteiger charge is 2.65. The summed E-state index contributed by atoms with van der Waals surface area (Å²) in [6, 6.07) is 7.78. The van der Waals surface area contributed by atoms with Crippen LogP contribution in [-0.4, -0.2) is 31.0 Å². The van der Waals surface area contributed by atoms with Gasteiger partial charge in [0, 0.05) is 35.0 Å². The van der Waals surface area contributed by atoms with E-state index in [0.29, 0.717) is 25.2 Å². The third kappa shape index (κ3) is 2.93. The van der Waals surface area contributed by atoms with Crippen molar-refractivity contribution in [3.8, 4) is 0 Å². The number of aromatic amines is 1. The van der Waals surface area contributed by atoms with Crippen molar-refractivity contribution >= 4 is 26.7 Å². The number of benzene rings is 1. The predicted octanol–water partition coefficient (Wildman–Crippen LogP) is 3.41. The molecule has 0 saturated heterocycles. The number of sulfonamides is 1. The Morgan fingerprint density at radius 1 is 1.30 bits per heavy atom. The summed E-state index contributed by atoms with van der Waals surface area (Å²) in [7, 11) is -3.55. The highest BCUT2D eigenvalue weighted by molar-refractivity contribution is 7.89. The molecule has 2 saturated carbocycles. The number of fused-ring (bicyclic) bond motifs is 3. The van der Waals surface area contributed by atoms with Crippen LogP contribution < -0.4 is 4.72 Å². The van der Waals surface area contributed by atoms with Crippen molar-refractivity contribution in [2.45, 2.75) is 52.5 Å². The number of hydrogen-bond acceptors (Lipinski definition) is 3. The number of carbonyl (C=O) groups excluding carboxylic acids is 1. The van der Waals surface area contributed by atoms with Gasteiger partial charge in [0.2, 0.25) is 10.0 Å². The highest BCUT2D eigenvalue weighted by atomic mass is 32.2. The van der Waals surface area contributed by atoms with Crippen LogP contribution in [0.4, 0.5) is 0 Å². The van der Waals surface area contributed by atoms with Crippen LogP contribution in [0.15, 0.2) is 30.5 Å². The number of H-pyrrole nitrogens is 1. The molecular formula is C21H28N2O3S. The molecule has 0 amide bonds. The summed E-state index contributed by atoms with van der Waals surface area (Å²) in [5.41, 5.74) is 1.19.